The zero-order valence-electron chi connectivity index (χ0n) is 22.6. The van der Waals surface area contributed by atoms with Gasteiger partial charge in [-0.25, -0.2) is 4.79 Å². The number of aryl methyl sites for hydroxylation is 1. The summed E-state index contributed by atoms with van der Waals surface area (Å²) in [6, 6.07) is 7.11. The minimum Gasteiger partial charge on any atom is -0.496 e. The van der Waals surface area contributed by atoms with Crippen LogP contribution in [0, 0.1) is 6.92 Å². The van der Waals surface area contributed by atoms with Crippen LogP contribution in [0.5, 0.6) is 5.75 Å². The van der Waals surface area contributed by atoms with E-state index in [9.17, 15) is 44.3 Å². The van der Waals surface area contributed by atoms with Crippen molar-refractivity contribution in [3.05, 3.63) is 88.0 Å². The number of halogens is 9. The van der Waals surface area contributed by atoms with Crippen LogP contribution < -0.4 is 4.74 Å². The van der Waals surface area contributed by atoms with Gasteiger partial charge in [-0.3, -0.25) is 4.90 Å². The molecule has 43 heavy (non-hydrogen) atoms. The molecule has 3 aromatic rings. The molecule has 1 amide bonds. The molecule has 0 unspecified atom stereocenters. The summed E-state index contributed by atoms with van der Waals surface area (Å²) in [5.41, 5.74) is -2.98. The molecule has 0 aliphatic carbocycles. The molecule has 5 rings (SSSR count). The van der Waals surface area contributed by atoms with Crippen LogP contribution in [0.1, 0.15) is 64.8 Å². The van der Waals surface area contributed by atoms with Gasteiger partial charge in [0.1, 0.15) is 11.9 Å². The van der Waals surface area contributed by atoms with E-state index in [-0.39, 0.29) is 24.5 Å². The van der Waals surface area contributed by atoms with Crippen molar-refractivity contribution < 1.29 is 53.8 Å². The Balaban J connectivity index is 1.64. The quantitative estimate of drug-likeness (QED) is 0.274. The van der Waals surface area contributed by atoms with Crippen LogP contribution in [0.25, 0.3) is 11.1 Å². The number of hydrogen-bond acceptors (Lipinski definition) is 3. The lowest BCUT2D eigenvalue weighted by molar-refractivity contribution is -0.143. The number of benzene rings is 3. The number of cyclic esters (lactones) is 1. The lowest BCUT2D eigenvalue weighted by Gasteiger charge is -2.38. The van der Waals surface area contributed by atoms with Gasteiger partial charge in [0.05, 0.1) is 35.9 Å². The molecule has 0 bridgehead atoms. The molecule has 2 aliphatic rings. The molecule has 2 aliphatic heterocycles. The number of amides is 1. The molecule has 230 valence electrons. The van der Waals surface area contributed by atoms with Crippen molar-refractivity contribution in [3.8, 4) is 16.9 Å². The number of nitrogens with zero attached hydrogens (tertiary/aromatic N) is 1. The number of ether oxygens (including phenoxy) is 2. The number of piperidine rings is 1. The van der Waals surface area contributed by atoms with Gasteiger partial charge in [-0.15, -0.1) is 0 Å². The minimum atomic E-state index is -5.12. The molecule has 2 saturated heterocycles. The first-order valence-electron chi connectivity index (χ1n) is 13.1. The molecule has 0 N–H and O–H groups in total. The summed E-state index contributed by atoms with van der Waals surface area (Å²) in [6.07, 6.45) is -16.9. The predicted octanol–water partition coefficient (Wildman–Crippen LogP) is 9.51. The molecule has 13 heteroatoms. The number of carbonyl (C=O) groups is 1. The molecular weight excluding hydrogens is 593 g/mol. The Morgan fingerprint density at radius 3 is 1.98 bits per heavy atom. The molecule has 2 fully saturated rings. The summed E-state index contributed by atoms with van der Waals surface area (Å²) in [7, 11) is 1.39. The normalized spacial score (nSPS) is 21.0. The third-order valence-electron chi connectivity index (χ3n) is 7.78. The van der Waals surface area contributed by atoms with Crippen LogP contribution in [0.2, 0.25) is 0 Å². The fraction of sp³-hybridized carbons (Fsp3) is 0.367. The summed E-state index contributed by atoms with van der Waals surface area (Å²) in [5.74, 6) is 0.351. The van der Waals surface area contributed by atoms with Crippen molar-refractivity contribution in [3.63, 3.8) is 0 Å². The van der Waals surface area contributed by atoms with E-state index in [1.807, 2.05) is 0 Å². The van der Waals surface area contributed by atoms with E-state index in [2.05, 4.69) is 0 Å². The van der Waals surface area contributed by atoms with Gasteiger partial charge < -0.3 is 9.47 Å². The molecule has 3 atom stereocenters. The number of alkyl halides is 9. The largest absolute Gasteiger partial charge is 0.496 e. The molecule has 0 radical (unpaired) electrons. The summed E-state index contributed by atoms with van der Waals surface area (Å²) < 4.78 is 134. The van der Waals surface area contributed by atoms with Crippen LogP contribution in [0.4, 0.5) is 44.3 Å². The van der Waals surface area contributed by atoms with E-state index in [1.54, 1.807) is 25.1 Å². The van der Waals surface area contributed by atoms with Crippen LogP contribution in [0.15, 0.2) is 54.6 Å². The van der Waals surface area contributed by atoms with Crippen LogP contribution >= 0.6 is 0 Å². The van der Waals surface area contributed by atoms with E-state index in [0.717, 1.165) is 22.6 Å². The maximum atomic E-state index is 13.9. The Labute approximate surface area is 240 Å². The Bertz CT molecular complexity index is 1510. The SMILES string of the molecule is COc1ccc(C)cc1-c1ccc(C(F)(F)F)cc1[C@@H]1CCC[C@H]2[C@@H](c3cc(C(F)(F)F)cc(C(F)(F)F)c3)OC(=O)N12. The first kappa shape index (κ1) is 30.6. The Morgan fingerprint density at radius 1 is 0.767 bits per heavy atom. The zero-order valence-corrected chi connectivity index (χ0v) is 22.6. The van der Waals surface area contributed by atoms with E-state index in [4.69, 9.17) is 9.47 Å². The standard InChI is InChI=1S/C30H24F9NO3/c1-15-6-9-25(42-2)22(10-15)20-8-7-17(28(31,32)33)14-21(20)23-4-3-5-24-26(43-27(41)40(23)24)16-11-18(29(34,35)36)13-19(12-16)30(37,38)39/h6-14,23-24,26H,3-5H2,1-2H3/t23-,24-,26+/m0/s1. The van der Waals surface area contributed by atoms with Gasteiger partial charge >= 0.3 is 24.6 Å². The zero-order chi connectivity index (χ0) is 31.5. The van der Waals surface area contributed by atoms with Crippen LogP contribution in [-0.2, 0) is 23.3 Å². The number of hydrogen-bond donors (Lipinski definition) is 0. The molecule has 3 aromatic carbocycles. The number of fused-ring (bicyclic) bond motifs is 1. The van der Waals surface area contributed by atoms with E-state index < -0.39 is 65.1 Å². The lowest BCUT2D eigenvalue weighted by Crippen LogP contribution is -2.41. The fourth-order valence-electron chi connectivity index (χ4n) is 5.87. The topological polar surface area (TPSA) is 38.8 Å². The summed E-state index contributed by atoms with van der Waals surface area (Å²) in [4.78, 5) is 14.4. The van der Waals surface area contributed by atoms with Gasteiger partial charge in [0.15, 0.2) is 0 Å². The van der Waals surface area contributed by atoms with Crippen LogP contribution in [-0.4, -0.2) is 24.1 Å². The molecule has 4 nitrogen and oxygen atoms in total. The maximum Gasteiger partial charge on any atom is 0.416 e. The van der Waals surface area contributed by atoms with Gasteiger partial charge in [-0.2, -0.15) is 39.5 Å². The summed E-state index contributed by atoms with van der Waals surface area (Å²) in [5, 5.41) is 0. The number of carbonyl (C=O) groups excluding carboxylic acids is 1. The number of rotatable bonds is 4. The van der Waals surface area contributed by atoms with Crippen molar-refractivity contribution in [1.82, 2.24) is 4.90 Å². The smallest absolute Gasteiger partial charge is 0.416 e. The molecule has 0 spiro atoms. The second-order valence-electron chi connectivity index (χ2n) is 10.6. The Kier molecular flexibility index (Phi) is 7.58. The van der Waals surface area contributed by atoms with E-state index >= 15 is 0 Å². The first-order valence-corrected chi connectivity index (χ1v) is 13.1. The number of methoxy groups -OCH3 is 1. The average molecular weight is 618 g/mol. The fourth-order valence-corrected chi connectivity index (χ4v) is 5.87. The van der Waals surface area contributed by atoms with Crippen molar-refractivity contribution in [1.29, 1.82) is 0 Å². The van der Waals surface area contributed by atoms with Gasteiger partial charge in [-0.05, 0) is 85.3 Å². The van der Waals surface area contributed by atoms with Crippen molar-refractivity contribution >= 4 is 6.09 Å². The third-order valence-corrected chi connectivity index (χ3v) is 7.78. The Morgan fingerprint density at radius 2 is 1.40 bits per heavy atom. The highest BCUT2D eigenvalue weighted by Crippen LogP contribution is 2.50. The minimum absolute atomic E-state index is 0.0220. The molecule has 0 saturated carbocycles. The highest BCUT2D eigenvalue weighted by molar-refractivity contribution is 5.77. The highest BCUT2D eigenvalue weighted by atomic mass is 19.4. The second kappa shape index (κ2) is 10.7. The van der Waals surface area contributed by atoms with Gasteiger partial charge in [0.25, 0.3) is 0 Å². The van der Waals surface area contributed by atoms with Crippen molar-refractivity contribution in [2.75, 3.05) is 7.11 Å². The van der Waals surface area contributed by atoms with Gasteiger partial charge in [0.2, 0.25) is 0 Å². The molecular formula is C30H24F9NO3. The third kappa shape index (κ3) is 5.85. The molecule has 2 heterocycles. The highest BCUT2D eigenvalue weighted by Gasteiger charge is 2.50. The summed E-state index contributed by atoms with van der Waals surface area (Å²) >= 11 is 0. The van der Waals surface area contributed by atoms with Crippen molar-refractivity contribution in [2.24, 2.45) is 0 Å². The van der Waals surface area contributed by atoms with E-state index in [0.29, 0.717) is 35.4 Å². The van der Waals surface area contributed by atoms with E-state index in [1.165, 1.54) is 13.2 Å². The van der Waals surface area contributed by atoms with Gasteiger partial charge in [0, 0.05) is 5.56 Å². The van der Waals surface area contributed by atoms with Crippen LogP contribution in [0.3, 0.4) is 0 Å². The monoisotopic (exact) mass is 617 g/mol. The Hall–Kier alpha value is -3.90. The molecule has 0 aromatic heterocycles. The van der Waals surface area contributed by atoms with Crippen molar-refractivity contribution in [2.45, 2.75) is 62.9 Å². The van der Waals surface area contributed by atoms with Gasteiger partial charge in [-0.1, -0.05) is 17.7 Å². The maximum absolute atomic E-state index is 13.9. The lowest BCUT2D eigenvalue weighted by atomic mass is 9.83. The predicted molar refractivity (Wildman–Crippen MR) is 136 cm³/mol. The summed E-state index contributed by atoms with van der Waals surface area (Å²) in [6.45, 7) is 1.77. The average Bonchev–Trinajstić information content (AvgIpc) is 3.27. The first-order chi connectivity index (χ1) is 20.0. The second-order valence-corrected chi connectivity index (χ2v) is 10.6.